The number of hydrogen-bond donors (Lipinski definition) is 2. The number of aliphatic hydroxyl groups excluding tert-OH is 1. The molecule has 3 heterocycles. The lowest BCUT2D eigenvalue weighted by Crippen LogP contribution is -2.82. The number of allylic oxidation sites excluding steroid dienone is 1. The van der Waals surface area contributed by atoms with E-state index in [0.717, 1.165) is 0 Å². The van der Waals surface area contributed by atoms with Gasteiger partial charge in [-0.25, -0.2) is 4.79 Å². The van der Waals surface area contributed by atoms with Crippen LogP contribution < -0.4 is 5.32 Å². The molecule has 3 aliphatic heterocycles. The summed E-state index contributed by atoms with van der Waals surface area (Å²) < 4.78 is 30.7. The van der Waals surface area contributed by atoms with Gasteiger partial charge in [0.15, 0.2) is 23.3 Å². The van der Waals surface area contributed by atoms with E-state index in [1.165, 1.54) is 0 Å². The molecule has 10 nitrogen and oxygen atoms in total. The number of fused-ring (bicyclic) bond motifs is 4. The predicted molar refractivity (Wildman–Crippen MR) is 111 cm³/mol. The van der Waals surface area contributed by atoms with E-state index in [-0.39, 0.29) is 6.61 Å². The first-order chi connectivity index (χ1) is 14.7. The van der Waals surface area contributed by atoms with Gasteiger partial charge in [-0.2, -0.15) is 0 Å². The maximum atomic E-state index is 13.0. The summed E-state index contributed by atoms with van der Waals surface area (Å²) in [5.74, 6) is -2.46. The number of aliphatic hydroxyl groups is 1. The van der Waals surface area contributed by atoms with Crippen LogP contribution in [0.15, 0.2) is 17.3 Å². The summed E-state index contributed by atoms with van der Waals surface area (Å²) in [5.41, 5.74) is -2.55. The van der Waals surface area contributed by atoms with Gasteiger partial charge in [-0.15, -0.1) is 0 Å². The van der Waals surface area contributed by atoms with E-state index in [4.69, 9.17) is 28.5 Å². The molecule has 1 saturated carbocycles. The number of oxime groups is 1. The second-order valence-corrected chi connectivity index (χ2v) is 11.1. The topological polar surface area (TPSA) is 117 Å². The summed E-state index contributed by atoms with van der Waals surface area (Å²) in [4.78, 5) is 18.9. The fraction of sp³-hybridized carbons (Fsp3) is 0.818. The predicted octanol–water partition coefficient (Wildman–Crippen LogP) is 1.61. The van der Waals surface area contributed by atoms with E-state index in [1.54, 1.807) is 46.8 Å². The van der Waals surface area contributed by atoms with Crippen LogP contribution >= 0.6 is 0 Å². The molecule has 32 heavy (non-hydrogen) atoms. The van der Waals surface area contributed by atoms with E-state index < -0.39 is 64.7 Å². The monoisotopic (exact) mass is 452 g/mol. The van der Waals surface area contributed by atoms with Crippen molar-refractivity contribution in [2.45, 2.75) is 101 Å². The van der Waals surface area contributed by atoms with E-state index >= 15 is 0 Å². The van der Waals surface area contributed by atoms with Crippen molar-refractivity contribution in [2.75, 3.05) is 6.61 Å². The van der Waals surface area contributed by atoms with Crippen LogP contribution in [0.5, 0.6) is 0 Å². The molecule has 0 radical (unpaired) electrons. The van der Waals surface area contributed by atoms with E-state index in [9.17, 15) is 9.90 Å². The molecule has 1 amide bonds. The van der Waals surface area contributed by atoms with Gasteiger partial charge in [-0.3, -0.25) is 0 Å². The summed E-state index contributed by atoms with van der Waals surface area (Å²) in [6.07, 6.45) is -0.697. The van der Waals surface area contributed by atoms with Gasteiger partial charge >= 0.3 is 6.09 Å². The van der Waals surface area contributed by atoms with Crippen molar-refractivity contribution < 1.29 is 38.4 Å². The first-order valence-corrected chi connectivity index (χ1v) is 11.0. The van der Waals surface area contributed by atoms with E-state index in [0.29, 0.717) is 5.71 Å². The molecule has 5 aliphatic rings. The molecule has 2 aliphatic carbocycles. The highest BCUT2D eigenvalue weighted by molar-refractivity contribution is 6.01. The maximum absolute atomic E-state index is 13.0. The molecule has 3 fully saturated rings. The first-order valence-electron chi connectivity index (χ1n) is 11.0. The normalized spacial score (nSPS) is 45.1. The molecule has 7 atom stereocenters. The lowest BCUT2D eigenvalue weighted by Gasteiger charge is -2.57. The fourth-order valence-corrected chi connectivity index (χ4v) is 5.68. The van der Waals surface area contributed by atoms with Crippen LogP contribution in [0.1, 0.15) is 48.5 Å². The van der Waals surface area contributed by atoms with Crippen molar-refractivity contribution in [1.29, 1.82) is 0 Å². The molecular weight excluding hydrogens is 420 g/mol. The first kappa shape index (κ1) is 22.1. The van der Waals surface area contributed by atoms with Crippen LogP contribution in [0.3, 0.4) is 0 Å². The third-order valence-corrected chi connectivity index (χ3v) is 6.68. The minimum Gasteiger partial charge on any atom is -0.444 e. The third-order valence-electron chi connectivity index (χ3n) is 6.68. The Kier molecular flexibility index (Phi) is 4.45. The molecule has 0 aromatic carbocycles. The van der Waals surface area contributed by atoms with Crippen LogP contribution in [-0.2, 0) is 28.5 Å². The summed E-state index contributed by atoms with van der Waals surface area (Å²) in [6.45, 7) is 12.7. The van der Waals surface area contributed by atoms with Crippen molar-refractivity contribution in [2.24, 2.45) is 11.1 Å². The molecule has 178 valence electrons. The lowest BCUT2D eigenvalue weighted by molar-refractivity contribution is -0.257. The minimum absolute atomic E-state index is 0.187. The third kappa shape index (κ3) is 3.03. The smallest absolute Gasteiger partial charge is 0.408 e. The second-order valence-electron chi connectivity index (χ2n) is 11.1. The average molecular weight is 453 g/mol. The summed E-state index contributed by atoms with van der Waals surface area (Å²) in [6, 6.07) is 0. The SMILES string of the molecule is CC(C)(C)OC(=O)N[C@]12[C@H](O)C=CC3=NO[C@H]([C@H]31)[C@@]1(COC(C)(C)O1)[C@H]1OC(C)(C)O[C@H]12. The Morgan fingerprint density at radius 1 is 1.16 bits per heavy atom. The van der Waals surface area contributed by atoms with Crippen LogP contribution in [0.4, 0.5) is 4.79 Å². The molecular formula is C22H32N2O8. The number of amides is 1. The quantitative estimate of drug-likeness (QED) is 0.616. The molecule has 10 heteroatoms. The average Bonchev–Trinajstić information content (AvgIpc) is 3.29. The highest BCUT2D eigenvalue weighted by Gasteiger charge is 2.79. The summed E-state index contributed by atoms with van der Waals surface area (Å²) in [5, 5.41) is 18.6. The Balaban J connectivity index is 1.65. The Morgan fingerprint density at radius 3 is 2.47 bits per heavy atom. The van der Waals surface area contributed by atoms with Crippen molar-refractivity contribution in [1.82, 2.24) is 5.32 Å². The Hall–Kier alpha value is -1.72. The van der Waals surface area contributed by atoms with Crippen molar-refractivity contribution in [3.8, 4) is 0 Å². The lowest BCUT2D eigenvalue weighted by atomic mass is 9.57. The number of carbonyl (C=O) groups excluding carboxylic acids is 1. The zero-order valence-electron chi connectivity index (χ0n) is 19.5. The number of hydrogen-bond acceptors (Lipinski definition) is 9. The zero-order chi connectivity index (χ0) is 23.3. The van der Waals surface area contributed by atoms with Gasteiger partial charge in [0.1, 0.15) is 23.3 Å². The van der Waals surface area contributed by atoms with Crippen LogP contribution in [0.2, 0.25) is 0 Å². The Morgan fingerprint density at radius 2 is 1.84 bits per heavy atom. The Labute approximate surface area is 187 Å². The van der Waals surface area contributed by atoms with Gasteiger partial charge in [0, 0.05) is 0 Å². The summed E-state index contributed by atoms with van der Waals surface area (Å²) in [7, 11) is 0. The molecule has 2 N–H and O–H groups in total. The molecule has 0 aromatic rings. The van der Waals surface area contributed by atoms with E-state index in [2.05, 4.69) is 10.5 Å². The van der Waals surface area contributed by atoms with Crippen molar-refractivity contribution >= 4 is 11.8 Å². The molecule has 1 spiro atoms. The number of nitrogens with one attached hydrogen (secondary N) is 1. The zero-order valence-corrected chi connectivity index (χ0v) is 19.5. The largest absolute Gasteiger partial charge is 0.444 e. The van der Waals surface area contributed by atoms with E-state index in [1.807, 2.05) is 13.8 Å². The number of rotatable bonds is 1. The van der Waals surface area contributed by atoms with Gasteiger partial charge in [-0.1, -0.05) is 11.2 Å². The van der Waals surface area contributed by atoms with Crippen molar-refractivity contribution in [3.63, 3.8) is 0 Å². The highest BCUT2D eigenvalue weighted by atomic mass is 16.8. The van der Waals surface area contributed by atoms with Crippen LogP contribution in [0.25, 0.3) is 0 Å². The number of carbonyl (C=O) groups is 1. The molecule has 2 saturated heterocycles. The van der Waals surface area contributed by atoms with Gasteiger partial charge in [0.25, 0.3) is 0 Å². The van der Waals surface area contributed by atoms with Crippen LogP contribution in [-0.4, -0.2) is 76.2 Å². The number of alkyl carbamates (subject to hydrolysis) is 1. The molecule has 5 rings (SSSR count). The van der Waals surface area contributed by atoms with Gasteiger partial charge < -0.3 is 38.9 Å². The number of nitrogens with zero attached hydrogens (tertiary/aromatic N) is 1. The molecule has 0 aromatic heterocycles. The molecule has 0 bridgehead atoms. The van der Waals surface area contributed by atoms with Crippen LogP contribution in [0, 0.1) is 5.92 Å². The molecule has 0 unspecified atom stereocenters. The van der Waals surface area contributed by atoms with Gasteiger partial charge in [-0.05, 0) is 54.5 Å². The minimum atomic E-state index is -1.35. The van der Waals surface area contributed by atoms with Crippen molar-refractivity contribution in [3.05, 3.63) is 12.2 Å². The highest BCUT2D eigenvalue weighted by Crippen LogP contribution is 2.58. The second kappa shape index (κ2) is 6.44. The standard InChI is InChI=1S/C22H32N2O8/c1-18(2,3)30-17(26)23-22-12(25)9-8-11-13(22)14(31-24-11)21(10-27-19(4,5)32-21)15-16(22)29-20(6,7)28-15/h8-9,12-16,25H,10H2,1-7H3,(H,23,26)/t12-,13+,14-,15+,16-,21+,22-/m1/s1. The Bertz CT molecular complexity index is 893. The van der Waals surface area contributed by atoms with Gasteiger partial charge in [0.2, 0.25) is 0 Å². The van der Waals surface area contributed by atoms with Gasteiger partial charge in [0.05, 0.1) is 24.3 Å². The summed E-state index contributed by atoms with van der Waals surface area (Å²) >= 11 is 0. The maximum Gasteiger partial charge on any atom is 0.408 e. The fourth-order valence-electron chi connectivity index (χ4n) is 5.68. The number of ether oxygens (including phenoxy) is 5.